The molecule has 1 fully saturated rings. The van der Waals surface area contributed by atoms with Crippen molar-refractivity contribution in [3.63, 3.8) is 0 Å². The van der Waals surface area contributed by atoms with Gasteiger partial charge in [-0.25, -0.2) is 15.0 Å². The lowest BCUT2D eigenvalue weighted by Crippen LogP contribution is -2.46. The van der Waals surface area contributed by atoms with E-state index >= 15 is 0 Å². The van der Waals surface area contributed by atoms with E-state index < -0.39 is 0 Å². The second-order valence-corrected chi connectivity index (χ2v) is 7.02. The van der Waals surface area contributed by atoms with E-state index in [0.29, 0.717) is 0 Å². The maximum Gasteiger partial charge on any atom is 0.150 e. The van der Waals surface area contributed by atoms with E-state index in [1.807, 2.05) is 26.2 Å². The quantitative estimate of drug-likeness (QED) is 0.810. The largest absolute Gasteiger partial charge is 0.354 e. The third-order valence-corrected chi connectivity index (χ3v) is 5.29. The molecule has 3 heterocycles. The summed E-state index contributed by atoms with van der Waals surface area (Å²) in [7, 11) is 0. The molecule has 5 heteroatoms. The molecule has 0 amide bonds. The summed E-state index contributed by atoms with van der Waals surface area (Å²) in [4.78, 5) is 20.9. The van der Waals surface area contributed by atoms with Gasteiger partial charge in [-0.15, -0.1) is 0 Å². The van der Waals surface area contributed by atoms with Gasteiger partial charge in [0.15, 0.2) is 0 Å². The number of aryl methyl sites for hydroxylation is 4. The van der Waals surface area contributed by atoms with Crippen LogP contribution < -0.4 is 4.90 Å². The van der Waals surface area contributed by atoms with Gasteiger partial charge in [0.25, 0.3) is 0 Å². The Morgan fingerprint density at radius 3 is 2.78 bits per heavy atom. The molecule has 1 saturated heterocycles. The Hall–Kier alpha value is -2.04. The molecule has 1 spiro atoms. The number of hydrogen-bond donors (Lipinski definition) is 0. The Balaban J connectivity index is 1.71. The number of aromatic nitrogens is 4. The summed E-state index contributed by atoms with van der Waals surface area (Å²) >= 11 is 0. The van der Waals surface area contributed by atoms with Crippen LogP contribution in [0.2, 0.25) is 0 Å². The van der Waals surface area contributed by atoms with Crippen molar-refractivity contribution >= 4 is 5.82 Å². The summed E-state index contributed by atoms with van der Waals surface area (Å²) in [6.07, 6.45) is 8.54. The number of rotatable bonds is 1. The zero-order valence-corrected chi connectivity index (χ0v) is 14.1. The van der Waals surface area contributed by atoms with Crippen LogP contribution in [0.1, 0.15) is 47.7 Å². The van der Waals surface area contributed by atoms with Gasteiger partial charge in [0, 0.05) is 30.9 Å². The minimum Gasteiger partial charge on any atom is -0.354 e. The number of anilines is 1. The fraction of sp³-hybridized carbons (Fsp3) is 0.556. The Morgan fingerprint density at radius 2 is 1.91 bits per heavy atom. The second kappa shape index (κ2) is 5.25. The van der Waals surface area contributed by atoms with E-state index in [1.54, 1.807) is 0 Å². The van der Waals surface area contributed by atoms with E-state index in [1.165, 1.54) is 30.5 Å². The van der Waals surface area contributed by atoms with Crippen LogP contribution in [-0.2, 0) is 11.8 Å². The Bertz CT molecular complexity index is 753. The van der Waals surface area contributed by atoms with Gasteiger partial charge in [-0.3, -0.25) is 4.98 Å². The highest BCUT2D eigenvalue weighted by Gasteiger charge is 2.44. The summed E-state index contributed by atoms with van der Waals surface area (Å²) in [5, 5.41) is 0. The highest BCUT2D eigenvalue weighted by atomic mass is 15.2. The maximum atomic E-state index is 4.82. The molecule has 23 heavy (non-hydrogen) atoms. The molecule has 2 aromatic rings. The molecule has 0 saturated carbocycles. The Morgan fingerprint density at radius 1 is 1.04 bits per heavy atom. The van der Waals surface area contributed by atoms with Crippen molar-refractivity contribution in [2.75, 3.05) is 18.0 Å². The SMILES string of the molecule is Cc1cnc(C)c(N2CCCC3(CCc4cnc(C)nc43)C2)n1. The van der Waals surface area contributed by atoms with Gasteiger partial charge in [0.2, 0.25) is 0 Å². The van der Waals surface area contributed by atoms with Crippen LogP contribution in [-0.4, -0.2) is 33.0 Å². The van der Waals surface area contributed by atoms with Gasteiger partial charge in [0.1, 0.15) is 11.6 Å². The molecule has 5 nitrogen and oxygen atoms in total. The van der Waals surface area contributed by atoms with E-state index in [0.717, 1.165) is 42.5 Å². The number of hydrogen-bond acceptors (Lipinski definition) is 5. The van der Waals surface area contributed by atoms with Crippen LogP contribution in [0.4, 0.5) is 5.82 Å². The molecule has 2 aliphatic rings. The molecule has 1 aliphatic carbocycles. The Kier molecular flexibility index (Phi) is 3.32. The van der Waals surface area contributed by atoms with Crippen LogP contribution in [0.15, 0.2) is 12.4 Å². The van der Waals surface area contributed by atoms with Gasteiger partial charge in [-0.1, -0.05) is 0 Å². The van der Waals surface area contributed by atoms with Gasteiger partial charge < -0.3 is 4.90 Å². The molecule has 0 aromatic carbocycles. The maximum absolute atomic E-state index is 4.82. The van der Waals surface area contributed by atoms with Crippen LogP contribution in [0.25, 0.3) is 0 Å². The molecular formula is C18H23N5. The van der Waals surface area contributed by atoms with E-state index in [4.69, 9.17) is 9.97 Å². The van der Waals surface area contributed by atoms with Crippen molar-refractivity contribution in [3.8, 4) is 0 Å². The highest BCUT2D eigenvalue weighted by Crippen LogP contribution is 2.44. The standard InChI is InChI=1S/C18H23N5/c1-12-9-19-13(2)17(21-12)23-8-4-6-18(11-23)7-5-15-10-20-14(3)22-16(15)18/h9-10H,4-8,11H2,1-3H3. The van der Waals surface area contributed by atoms with E-state index in [9.17, 15) is 0 Å². The monoisotopic (exact) mass is 309 g/mol. The van der Waals surface area contributed by atoms with Crippen LogP contribution in [0.5, 0.6) is 0 Å². The van der Waals surface area contributed by atoms with Crippen molar-refractivity contribution in [1.29, 1.82) is 0 Å². The number of piperidine rings is 1. The van der Waals surface area contributed by atoms with E-state index in [-0.39, 0.29) is 5.41 Å². The molecule has 1 aliphatic heterocycles. The van der Waals surface area contributed by atoms with Gasteiger partial charge >= 0.3 is 0 Å². The fourth-order valence-electron chi connectivity index (χ4n) is 4.16. The third-order valence-electron chi connectivity index (χ3n) is 5.29. The summed E-state index contributed by atoms with van der Waals surface area (Å²) < 4.78 is 0. The zero-order valence-electron chi connectivity index (χ0n) is 14.1. The lowest BCUT2D eigenvalue weighted by atomic mass is 9.77. The van der Waals surface area contributed by atoms with Gasteiger partial charge in [-0.05, 0) is 52.0 Å². The first-order valence-electron chi connectivity index (χ1n) is 8.46. The van der Waals surface area contributed by atoms with Crippen LogP contribution in [0, 0.1) is 20.8 Å². The number of nitrogens with zero attached hydrogens (tertiary/aromatic N) is 5. The van der Waals surface area contributed by atoms with Crippen molar-refractivity contribution < 1.29 is 0 Å². The minimum atomic E-state index is 0.166. The normalized spacial score (nSPS) is 23.3. The van der Waals surface area contributed by atoms with Crippen molar-refractivity contribution in [3.05, 3.63) is 40.9 Å². The first kappa shape index (κ1) is 14.5. The molecule has 0 bridgehead atoms. The highest BCUT2D eigenvalue weighted by molar-refractivity contribution is 5.47. The zero-order chi connectivity index (χ0) is 16.0. The number of fused-ring (bicyclic) bond motifs is 2. The molecule has 0 radical (unpaired) electrons. The van der Waals surface area contributed by atoms with Crippen LogP contribution in [0.3, 0.4) is 0 Å². The predicted octanol–water partition coefficient (Wildman–Crippen LogP) is 2.68. The topological polar surface area (TPSA) is 54.8 Å². The Labute approximate surface area is 137 Å². The second-order valence-electron chi connectivity index (χ2n) is 7.02. The molecule has 1 unspecified atom stereocenters. The predicted molar refractivity (Wildman–Crippen MR) is 89.7 cm³/mol. The van der Waals surface area contributed by atoms with Crippen molar-refractivity contribution in [1.82, 2.24) is 19.9 Å². The van der Waals surface area contributed by atoms with Crippen LogP contribution >= 0.6 is 0 Å². The lowest BCUT2D eigenvalue weighted by molar-refractivity contribution is 0.332. The summed E-state index contributed by atoms with van der Waals surface area (Å²) in [6.45, 7) is 8.10. The molecule has 1 atom stereocenters. The lowest BCUT2D eigenvalue weighted by Gasteiger charge is -2.41. The summed E-state index contributed by atoms with van der Waals surface area (Å²) in [5.41, 5.74) is 4.79. The van der Waals surface area contributed by atoms with Crippen molar-refractivity contribution in [2.45, 2.75) is 51.9 Å². The van der Waals surface area contributed by atoms with Crippen molar-refractivity contribution in [2.24, 2.45) is 0 Å². The first-order chi connectivity index (χ1) is 11.1. The smallest absolute Gasteiger partial charge is 0.150 e. The van der Waals surface area contributed by atoms with Gasteiger partial charge in [-0.2, -0.15) is 0 Å². The molecule has 0 N–H and O–H groups in total. The molecule has 120 valence electrons. The average Bonchev–Trinajstić information content (AvgIpc) is 2.88. The summed E-state index contributed by atoms with van der Waals surface area (Å²) in [6, 6.07) is 0. The molecule has 4 rings (SSSR count). The average molecular weight is 309 g/mol. The fourth-order valence-corrected chi connectivity index (χ4v) is 4.16. The first-order valence-corrected chi connectivity index (χ1v) is 8.46. The molecular weight excluding hydrogens is 286 g/mol. The molecule has 2 aromatic heterocycles. The van der Waals surface area contributed by atoms with Gasteiger partial charge in [0.05, 0.1) is 17.1 Å². The summed E-state index contributed by atoms with van der Waals surface area (Å²) in [5.74, 6) is 1.93. The van der Waals surface area contributed by atoms with E-state index in [2.05, 4.69) is 21.8 Å². The third kappa shape index (κ3) is 2.38. The minimum absolute atomic E-state index is 0.166.